The van der Waals surface area contributed by atoms with Crippen LogP contribution in [-0.2, 0) is 21.4 Å². The van der Waals surface area contributed by atoms with Crippen molar-refractivity contribution in [3.63, 3.8) is 0 Å². The number of hydrogen-bond acceptors (Lipinski definition) is 6. The molecule has 0 spiro atoms. The molecule has 4 rings (SSSR count). The normalized spacial score (nSPS) is 22.5. The standard InChI is InChI=1S/C24H31F2N5O5/c1-23(2,3)36-22(35)28(4)17-11-12-30(13-24(17,25)26)14-7-6-8-15-19(14)29(5)21(34)31(15)16-9-10-18(32)27-20(16)33/h6-8,16-17H,9-13H2,1-5H3,(H,27,32,33). The molecule has 2 atom stereocenters. The molecule has 0 bridgehead atoms. The molecule has 3 heterocycles. The fraction of sp³-hybridized carbons (Fsp3) is 0.583. The van der Waals surface area contributed by atoms with Crippen molar-refractivity contribution in [3.8, 4) is 0 Å². The average Bonchev–Trinajstić information content (AvgIpc) is 3.02. The molecule has 2 aromatic rings. The number of benzene rings is 1. The van der Waals surface area contributed by atoms with Crippen molar-refractivity contribution in [1.82, 2.24) is 19.4 Å². The lowest BCUT2D eigenvalue weighted by molar-refractivity contribution is -0.135. The van der Waals surface area contributed by atoms with Crippen LogP contribution in [0.25, 0.3) is 11.0 Å². The van der Waals surface area contributed by atoms with Gasteiger partial charge in [0.2, 0.25) is 11.8 Å². The number of piperidine rings is 2. The van der Waals surface area contributed by atoms with Gasteiger partial charge in [0, 0.05) is 27.1 Å². The molecule has 1 N–H and O–H groups in total. The summed E-state index contributed by atoms with van der Waals surface area (Å²) >= 11 is 0. The van der Waals surface area contributed by atoms with Crippen LogP contribution in [-0.4, -0.2) is 69.6 Å². The Bertz CT molecular complexity index is 1280. The topological polar surface area (TPSA) is 106 Å². The van der Waals surface area contributed by atoms with Crippen LogP contribution in [0.3, 0.4) is 0 Å². The van der Waals surface area contributed by atoms with Crippen LogP contribution in [0.5, 0.6) is 0 Å². The quantitative estimate of drug-likeness (QED) is 0.640. The molecule has 2 saturated heterocycles. The summed E-state index contributed by atoms with van der Waals surface area (Å²) in [6, 6.07) is 2.75. The van der Waals surface area contributed by atoms with Gasteiger partial charge in [-0.2, -0.15) is 0 Å². The van der Waals surface area contributed by atoms with Gasteiger partial charge in [-0.1, -0.05) is 6.07 Å². The number of alkyl halides is 2. The van der Waals surface area contributed by atoms with Crippen LogP contribution in [0.1, 0.15) is 46.1 Å². The second-order valence-corrected chi connectivity index (χ2v) is 10.4. The molecule has 10 nitrogen and oxygen atoms in total. The maximum absolute atomic E-state index is 15.4. The SMILES string of the molecule is CN(C(=O)OC(C)(C)C)C1CCN(c2cccc3c2n(C)c(=O)n3C2CCC(=O)NC2=O)CC1(F)F. The van der Waals surface area contributed by atoms with E-state index in [1.54, 1.807) is 39.0 Å². The molecule has 2 fully saturated rings. The van der Waals surface area contributed by atoms with Crippen LogP contribution in [0, 0.1) is 0 Å². The molecular weight excluding hydrogens is 476 g/mol. The Morgan fingerprint density at radius 1 is 1.19 bits per heavy atom. The third kappa shape index (κ3) is 4.56. The Balaban J connectivity index is 1.65. The van der Waals surface area contributed by atoms with Crippen molar-refractivity contribution < 1.29 is 27.9 Å². The van der Waals surface area contributed by atoms with Crippen LogP contribution < -0.4 is 15.9 Å². The third-order valence-electron chi connectivity index (χ3n) is 6.65. The highest BCUT2D eigenvalue weighted by atomic mass is 19.3. The third-order valence-corrected chi connectivity index (χ3v) is 6.65. The fourth-order valence-corrected chi connectivity index (χ4v) is 4.97. The van der Waals surface area contributed by atoms with E-state index < -0.39 is 53.7 Å². The van der Waals surface area contributed by atoms with E-state index in [2.05, 4.69) is 5.32 Å². The first kappa shape index (κ1) is 25.6. The Kier molecular flexibility index (Phi) is 6.34. The molecule has 2 aliphatic rings. The maximum atomic E-state index is 15.4. The molecule has 12 heteroatoms. The second kappa shape index (κ2) is 8.90. The van der Waals surface area contributed by atoms with Gasteiger partial charge < -0.3 is 14.5 Å². The van der Waals surface area contributed by atoms with E-state index in [4.69, 9.17) is 4.74 Å². The van der Waals surface area contributed by atoms with Gasteiger partial charge in [0.1, 0.15) is 17.7 Å². The Morgan fingerprint density at radius 3 is 2.50 bits per heavy atom. The largest absolute Gasteiger partial charge is 0.444 e. The molecule has 0 aliphatic carbocycles. The van der Waals surface area contributed by atoms with Gasteiger partial charge in [-0.15, -0.1) is 0 Å². The van der Waals surface area contributed by atoms with Crippen molar-refractivity contribution >= 4 is 34.6 Å². The van der Waals surface area contributed by atoms with E-state index >= 15 is 8.78 Å². The molecule has 36 heavy (non-hydrogen) atoms. The highest BCUT2D eigenvalue weighted by Gasteiger charge is 2.49. The number of carbonyl (C=O) groups is 3. The number of nitrogens with zero attached hydrogens (tertiary/aromatic N) is 4. The number of aromatic nitrogens is 2. The Labute approximate surface area is 206 Å². The van der Waals surface area contributed by atoms with Crippen LogP contribution in [0.4, 0.5) is 19.3 Å². The van der Waals surface area contributed by atoms with E-state index in [1.807, 2.05) is 0 Å². The number of anilines is 1. The second-order valence-electron chi connectivity index (χ2n) is 10.4. The minimum Gasteiger partial charge on any atom is -0.444 e. The monoisotopic (exact) mass is 507 g/mol. The summed E-state index contributed by atoms with van der Waals surface area (Å²) in [5, 5.41) is 2.26. The number of halogens is 2. The summed E-state index contributed by atoms with van der Waals surface area (Å²) < 4.78 is 38.7. The van der Waals surface area contributed by atoms with Crippen molar-refractivity contribution in [2.24, 2.45) is 7.05 Å². The van der Waals surface area contributed by atoms with Crippen molar-refractivity contribution in [3.05, 3.63) is 28.7 Å². The molecule has 2 aliphatic heterocycles. The molecule has 0 radical (unpaired) electrons. The van der Waals surface area contributed by atoms with Gasteiger partial charge in [0.15, 0.2) is 0 Å². The minimum atomic E-state index is -3.25. The van der Waals surface area contributed by atoms with Gasteiger partial charge in [0.05, 0.1) is 23.3 Å². The predicted octanol–water partition coefficient (Wildman–Crippen LogP) is 2.40. The maximum Gasteiger partial charge on any atom is 0.410 e. The highest BCUT2D eigenvalue weighted by molar-refractivity contribution is 6.00. The molecular formula is C24H31F2N5O5. The zero-order valence-corrected chi connectivity index (χ0v) is 21.0. The van der Waals surface area contributed by atoms with E-state index in [-0.39, 0.29) is 25.8 Å². The summed E-state index contributed by atoms with van der Waals surface area (Å²) in [4.78, 5) is 52.1. The molecule has 0 saturated carbocycles. The lowest BCUT2D eigenvalue weighted by atomic mass is 9.98. The van der Waals surface area contributed by atoms with E-state index in [0.29, 0.717) is 16.7 Å². The molecule has 1 aromatic carbocycles. The zero-order valence-electron chi connectivity index (χ0n) is 21.0. The Morgan fingerprint density at radius 2 is 1.89 bits per heavy atom. The zero-order chi connectivity index (χ0) is 26.6. The minimum absolute atomic E-state index is 0.0130. The van der Waals surface area contributed by atoms with E-state index in [0.717, 1.165) is 4.90 Å². The number of imidazole rings is 1. The number of carbonyl (C=O) groups excluding carboxylic acids is 3. The first-order valence-corrected chi connectivity index (χ1v) is 11.8. The Hall–Kier alpha value is -3.44. The number of rotatable bonds is 3. The smallest absolute Gasteiger partial charge is 0.410 e. The number of nitrogens with one attached hydrogen (secondary N) is 1. The lowest BCUT2D eigenvalue weighted by Crippen LogP contribution is -2.59. The first-order valence-electron chi connectivity index (χ1n) is 11.8. The van der Waals surface area contributed by atoms with E-state index in [1.165, 1.54) is 28.1 Å². The summed E-state index contributed by atoms with van der Waals surface area (Å²) in [5.41, 5.74) is -0.0144. The summed E-state index contributed by atoms with van der Waals surface area (Å²) in [5.74, 6) is -4.22. The summed E-state index contributed by atoms with van der Waals surface area (Å²) in [6.07, 6.45) is -0.550. The number of imide groups is 1. The van der Waals surface area contributed by atoms with Gasteiger partial charge in [-0.3, -0.25) is 24.0 Å². The van der Waals surface area contributed by atoms with Crippen molar-refractivity contribution in [2.75, 3.05) is 25.0 Å². The molecule has 3 amide bonds. The van der Waals surface area contributed by atoms with Crippen LogP contribution in [0.2, 0.25) is 0 Å². The first-order chi connectivity index (χ1) is 16.7. The fourth-order valence-electron chi connectivity index (χ4n) is 4.97. The van der Waals surface area contributed by atoms with Crippen LogP contribution in [0.15, 0.2) is 23.0 Å². The number of fused-ring (bicyclic) bond motifs is 1. The molecule has 1 aromatic heterocycles. The van der Waals surface area contributed by atoms with Gasteiger partial charge in [0.25, 0.3) is 5.92 Å². The van der Waals surface area contributed by atoms with Gasteiger partial charge in [-0.05, 0) is 45.7 Å². The van der Waals surface area contributed by atoms with Gasteiger partial charge in [-0.25, -0.2) is 18.4 Å². The predicted molar refractivity (Wildman–Crippen MR) is 128 cm³/mol. The number of hydrogen-bond donors (Lipinski definition) is 1. The van der Waals surface area contributed by atoms with Crippen LogP contribution >= 0.6 is 0 Å². The van der Waals surface area contributed by atoms with Gasteiger partial charge >= 0.3 is 11.8 Å². The number of aryl methyl sites for hydroxylation is 1. The summed E-state index contributed by atoms with van der Waals surface area (Å²) in [6.45, 7) is 4.56. The van der Waals surface area contributed by atoms with E-state index in [9.17, 15) is 19.2 Å². The molecule has 2 unspecified atom stereocenters. The lowest BCUT2D eigenvalue weighted by Gasteiger charge is -2.43. The number of ether oxygens (including phenoxy) is 1. The molecule has 196 valence electrons. The van der Waals surface area contributed by atoms with Crippen molar-refractivity contribution in [1.29, 1.82) is 0 Å². The number of para-hydroxylation sites is 1. The highest BCUT2D eigenvalue weighted by Crippen LogP contribution is 2.37. The summed E-state index contributed by atoms with van der Waals surface area (Å²) in [7, 11) is 2.84. The number of amides is 3. The van der Waals surface area contributed by atoms with Crippen molar-refractivity contribution in [2.45, 2.75) is 63.6 Å². The average molecular weight is 508 g/mol.